The zero-order valence-electron chi connectivity index (χ0n) is 21.7. The normalized spacial score (nSPS) is 14.6. The third kappa shape index (κ3) is 6.23. The summed E-state index contributed by atoms with van der Waals surface area (Å²) in [7, 11) is 0. The Kier molecular flexibility index (Phi) is 8.21. The minimum absolute atomic E-state index is 0.0760. The fourth-order valence-electron chi connectivity index (χ4n) is 5.41. The van der Waals surface area contributed by atoms with Crippen molar-refractivity contribution in [1.82, 2.24) is 15.2 Å². The second-order valence-corrected chi connectivity index (χ2v) is 9.94. The van der Waals surface area contributed by atoms with E-state index in [2.05, 4.69) is 70.8 Å². The Balaban J connectivity index is 1.38. The molecule has 192 valence electrons. The highest BCUT2D eigenvalue weighted by Crippen LogP contribution is 2.36. The Hall–Kier alpha value is -3.57. The maximum absolute atomic E-state index is 13.2. The van der Waals surface area contributed by atoms with E-state index >= 15 is 0 Å². The molecule has 1 atom stereocenters. The number of nitrogens with one attached hydrogen (secondary N) is 2. The van der Waals surface area contributed by atoms with Gasteiger partial charge >= 0.3 is 0 Å². The van der Waals surface area contributed by atoms with Crippen LogP contribution in [0, 0.1) is 0 Å². The molecule has 4 aromatic rings. The molecule has 0 bridgehead atoms. The molecule has 5 heteroatoms. The summed E-state index contributed by atoms with van der Waals surface area (Å²) < 4.78 is 6.14. The second kappa shape index (κ2) is 12.1. The van der Waals surface area contributed by atoms with Gasteiger partial charge in [-0.3, -0.25) is 4.79 Å². The molecule has 1 unspecified atom stereocenters. The Labute approximate surface area is 219 Å². The van der Waals surface area contributed by atoms with Gasteiger partial charge in [-0.15, -0.1) is 0 Å². The third-order valence-electron chi connectivity index (χ3n) is 7.44. The zero-order valence-corrected chi connectivity index (χ0v) is 21.7. The number of benzene rings is 3. The molecule has 0 radical (unpaired) electrons. The van der Waals surface area contributed by atoms with Gasteiger partial charge in [0, 0.05) is 42.5 Å². The van der Waals surface area contributed by atoms with E-state index < -0.39 is 0 Å². The van der Waals surface area contributed by atoms with E-state index in [-0.39, 0.29) is 11.8 Å². The Morgan fingerprint density at radius 3 is 2.65 bits per heavy atom. The first kappa shape index (κ1) is 25.1. The lowest BCUT2D eigenvalue weighted by Gasteiger charge is -2.19. The van der Waals surface area contributed by atoms with E-state index in [1.807, 2.05) is 30.3 Å². The molecule has 3 aromatic carbocycles. The van der Waals surface area contributed by atoms with Gasteiger partial charge in [0.1, 0.15) is 12.4 Å². The van der Waals surface area contributed by atoms with Crippen LogP contribution >= 0.6 is 0 Å². The first-order chi connectivity index (χ1) is 18.2. The highest BCUT2D eigenvalue weighted by atomic mass is 16.5. The van der Waals surface area contributed by atoms with Crippen molar-refractivity contribution in [2.75, 3.05) is 26.2 Å². The molecular formula is C32H37N3O2. The number of amides is 1. The van der Waals surface area contributed by atoms with Crippen LogP contribution in [0.2, 0.25) is 0 Å². The molecule has 2 N–H and O–H groups in total. The van der Waals surface area contributed by atoms with Crippen LogP contribution in [-0.4, -0.2) is 42.0 Å². The third-order valence-corrected chi connectivity index (χ3v) is 7.44. The van der Waals surface area contributed by atoms with Crippen molar-refractivity contribution in [2.45, 2.75) is 45.1 Å². The van der Waals surface area contributed by atoms with Crippen LogP contribution in [0.4, 0.5) is 0 Å². The fraction of sp³-hybridized carbons (Fsp3) is 0.344. The van der Waals surface area contributed by atoms with Gasteiger partial charge in [-0.2, -0.15) is 0 Å². The second-order valence-electron chi connectivity index (χ2n) is 9.94. The van der Waals surface area contributed by atoms with Gasteiger partial charge in [-0.05, 0) is 66.7 Å². The predicted octanol–water partition coefficient (Wildman–Crippen LogP) is 6.04. The van der Waals surface area contributed by atoms with E-state index in [1.165, 1.54) is 23.8 Å². The van der Waals surface area contributed by atoms with Crippen LogP contribution in [0.25, 0.3) is 10.9 Å². The maximum Gasteiger partial charge on any atom is 0.220 e. The molecule has 1 saturated heterocycles. The monoisotopic (exact) mass is 495 g/mol. The van der Waals surface area contributed by atoms with E-state index in [1.54, 1.807) is 0 Å². The molecule has 1 fully saturated rings. The molecule has 0 aliphatic carbocycles. The van der Waals surface area contributed by atoms with E-state index in [9.17, 15) is 4.79 Å². The van der Waals surface area contributed by atoms with Gasteiger partial charge < -0.3 is 19.9 Å². The van der Waals surface area contributed by atoms with E-state index in [4.69, 9.17) is 4.74 Å². The molecule has 1 amide bonds. The lowest BCUT2D eigenvalue weighted by atomic mass is 9.87. The van der Waals surface area contributed by atoms with Crippen LogP contribution < -0.4 is 10.1 Å². The molecule has 0 saturated carbocycles. The quantitative estimate of drug-likeness (QED) is 0.267. The Morgan fingerprint density at radius 2 is 1.84 bits per heavy atom. The highest BCUT2D eigenvalue weighted by Gasteiger charge is 2.23. The number of aryl methyl sites for hydroxylation is 1. The number of para-hydroxylation sites is 1. The topological polar surface area (TPSA) is 57.4 Å². The summed E-state index contributed by atoms with van der Waals surface area (Å²) in [5.74, 6) is 0.823. The van der Waals surface area contributed by atoms with Crippen LogP contribution in [-0.2, 0) is 17.8 Å². The number of hydrogen-bond donors (Lipinski definition) is 2. The summed E-state index contributed by atoms with van der Waals surface area (Å²) in [6, 6.07) is 24.9. The number of hydrogen-bond acceptors (Lipinski definition) is 3. The van der Waals surface area contributed by atoms with Gasteiger partial charge in [-0.1, -0.05) is 67.6 Å². The average Bonchev–Trinajstić information content (AvgIpc) is 3.61. The first-order valence-corrected chi connectivity index (χ1v) is 13.6. The molecule has 1 aromatic heterocycles. The number of H-pyrrole nitrogens is 1. The summed E-state index contributed by atoms with van der Waals surface area (Å²) >= 11 is 0. The lowest BCUT2D eigenvalue weighted by Crippen LogP contribution is -2.34. The number of nitrogens with zero attached hydrogens (tertiary/aromatic N) is 1. The van der Waals surface area contributed by atoms with Crippen LogP contribution in [0.1, 0.15) is 54.4 Å². The summed E-state index contributed by atoms with van der Waals surface area (Å²) in [4.78, 5) is 19.1. The highest BCUT2D eigenvalue weighted by molar-refractivity contribution is 5.88. The van der Waals surface area contributed by atoms with Gasteiger partial charge in [0.15, 0.2) is 0 Å². The minimum atomic E-state index is -0.0760. The molecular weight excluding hydrogens is 458 g/mol. The van der Waals surface area contributed by atoms with Crippen molar-refractivity contribution < 1.29 is 9.53 Å². The number of aromatic amines is 1. The van der Waals surface area contributed by atoms with Crippen molar-refractivity contribution in [1.29, 1.82) is 0 Å². The average molecular weight is 496 g/mol. The molecule has 37 heavy (non-hydrogen) atoms. The molecule has 1 aliphatic rings. The van der Waals surface area contributed by atoms with Crippen molar-refractivity contribution in [2.24, 2.45) is 0 Å². The summed E-state index contributed by atoms with van der Waals surface area (Å²) in [5.41, 5.74) is 5.82. The smallest absolute Gasteiger partial charge is 0.220 e. The molecule has 1 aliphatic heterocycles. The number of likely N-dealkylation sites (tertiary alicyclic amines) is 1. The summed E-state index contributed by atoms with van der Waals surface area (Å²) in [5, 5.41) is 4.37. The lowest BCUT2D eigenvalue weighted by molar-refractivity contribution is -0.121. The number of fused-ring (bicyclic) bond motifs is 1. The minimum Gasteiger partial charge on any atom is -0.489 e. The SMILES string of the molecule is CCc1cccc2c(C(CC(=O)NCCN3CCCC3)c3cccc(OCc4ccccc4)c3)c[nH]c12. The number of ether oxygens (including phenoxy) is 1. The van der Waals surface area contributed by atoms with Gasteiger partial charge in [0.05, 0.1) is 0 Å². The molecule has 5 rings (SSSR count). The van der Waals surface area contributed by atoms with Gasteiger partial charge in [-0.25, -0.2) is 0 Å². The van der Waals surface area contributed by atoms with Crippen LogP contribution in [0.5, 0.6) is 5.75 Å². The maximum atomic E-state index is 13.2. The number of aromatic nitrogens is 1. The Bertz CT molecular complexity index is 1310. The number of carbonyl (C=O) groups excluding carboxylic acids is 1. The van der Waals surface area contributed by atoms with Crippen molar-refractivity contribution in [3.63, 3.8) is 0 Å². The molecule has 0 spiro atoms. The molecule has 5 nitrogen and oxygen atoms in total. The number of rotatable bonds is 11. The first-order valence-electron chi connectivity index (χ1n) is 13.6. The van der Waals surface area contributed by atoms with Gasteiger partial charge in [0.25, 0.3) is 0 Å². The fourth-order valence-corrected chi connectivity index (χ4v) is 5.41. The van der Waals surface area contributed by atoms with E-state index in [0.29, 0.717) is 19.6 Å². The standard InChI is InChI=1S/C32H37N3O2/c1-2-25-12-9-15-28-30(22-34-32(25)28)29(21-31(36)33-16-19-35-17-6-7-18-35)26-13-8-14-27(20-26)37-23-24-10-4-3-5-11-24/h3-5,8-15,20,22,29,34H,2,6-7,16-19,21,23H2,1H3,(H,33,36). The Morgan fingerprint density at radius 1 is 1.03 bits per heavy atom. The summed E-state index contributed by atoms with van der Waals surface area (Å²) in [6.45, 7) is 6.59. The number of carbonyl (C=O) groups is 1. The largest absolute Gasteiger partial charge is 0.489 e. The van der Waals surface area contributed by atoms with Crippen LogP contribution in [0.3, 0.4) is 0 Å². The van der Waals surface area contributed by atoms with Crippen molar-refractivity contribution >= 4 is 16.8 Å². The van der Waals surface area contributed by atoms with E-state index in [0.717, 1.165) is 54.0 Å². The molecule has 2 heterocycles. The van der Waals surface area contributed by atoms with Crippen molar-refractivity contribution in [3.05, 3.63) is 101 Å². The zero-order chi connectivity index (χ0) is 25.5. The predicted molar refractivity (Wildman–Crippen MR) is 150 cm³/mol. The summed E-state index contributed by atoms with van der Waals surface area (Å²) in [6.07, 6.45) is 5.97. The van der Waals surface area contributed by atoms with Gasteiger partial charge in [0.2, 0.25) is 5.91 Å². The van der Waals surface area contributed by atoms with Crippen molar-refractivity contribution in [3.8, 4) is 5.75 Å². The van der Waals surface area contributed by atoms with Crippen LogP contribution in [0.15, 0.2) is 79.0 Å².